The van der Waals surface area contributed by atoms with Gasteiger partial charge in [-0.05, 0) is 42.3 Å². The molecule has 2 fully saturated rings. The van der Waals surface area contributed by atoms with Gasteiger partial charge in [-0.1, -0.05) is 48.2 Å². The van der Waals surface area contributed by atoms with Gasteiger partial charge in [0.1, 0.15) is 0 Å². The molecule has 2 saturated heterocycles. The monoisotopic (exact) mass is 398 g/mol. The van der Waals surface area contributed by atoms with Crippen molar-refractivity contribution in [2.45, 2.75) is 39.0 Å². The zero-order valence-electron chi connectivity index (χ0n) is 17.0. The number of piperidine rings is 1. The average molecular weight is 399 g/mol. The van der Waals surface area contributed by atoms with E-state index in [2.05, 4.69) is 69.8 Å². The van der Waals surface area contributed by atoms with Crippen LogP contribution in [0.3, 0.4) is 0 Å². The van der Waals surface area contributed by atoms with Crippen LogP contribution in [0.4, 0.5) is 0 Å². The van der Waals surface area contributed by atoms with Crippen LogP contribution < -0.4 is 0 Å². The number of benzene rings is 1. The third kappa shape index (κ3) is 4.28. The Balaban J connectivity index is 1.48. The molecule has 2 aliphatic heterocycles. The topological polar surface area (TPSA) is 49.3 Å². The Hall–Kier alpha value is -1.79. The molecule has 150 valence electrons. The van der Waals surface area contributed by atoms with E-state index in [9.17, 15) is 4.79 Å². The van der Waals surface area contributed by atoms with Crippen LogP contribution in [-0.2, 0) is 4.79 Å². The summed E-state index contributed by atoms with van der Waals surface area (Å²) in [5, 5.41) is 6.42. The first-order valence-electron chi connectivity index (χ1n) is 10.3. The Morgan fingerprint density at radius 1 is 1.07 bits per heavy atom. The highest BCUT2D eigenvalue weighted by atomic mass is 32.1. The highest BCUT2D eigenvalue weighted by molar-refractivity contribution is 7.03. The van der Waals surface area contributed by atoms with Crippen LogP contribution >= 0.6 is 11.5 Å². The van der Waals surface area contributed by atoms with E-state index in [1.807, 2.05) is 0 Å². The molecule has 0 bridgehead atoms. The van der Waals surface area contributed by atoms with E-state index >= 15 is 0 Å². The van der Waals surface area contributed by atoms with E-state index in [0.717, 1.165) is 31.9 Å². The number of aromatic nitrogens is 2. The maximum absolute atomic E-state index is 13.0. The van der Waals surface area contributed by atoms with Crippen molar-refractivity contribution >= 4 is 17.4 Å². The summed E-state index contributed by atoms with van der Waals surface area (Å²) in [6.07, 6.45) is 1.22. The van der Waals surface area contributed by atoms with E-state index in [0.29, 0.717) is 30.2 Å². The predicted molar refractivity (Wildman–Crippen MR) is 113 cm³/mol. The molecule has 0 spiro atoms. The predicted octanol–water partition coefficient (Wildman–Crippen LogP) is 3.53. The normalized spacial score (nSPS) is 28.6. The number of likely N-dealkylation sites (tertiary alicyclic amines) is 2. The number of hydrogen-bond donors (Lipinski definition) is 0. The lowest BCUT2D eigenvalue weighted by atomic mass is 9.87. The largest absolute Gasteiger partial charge is 0.341 e. The smallest absolute Gasteiger partial charge is 0.236 e. The van der Waals surface area contributed by atoms with Gasteiger partial charge in [0.05, 0.1) is 12.2 Å². The second kappa shape index (κ2) is 8.29. The van der Waals surface area contributed by atoms with Crippen molar-refractivity contribution in [1.82, 2.24) is 19.4 Å². The molecule has 1 aromatic heterocycles. The quantitative estimate of drug-likeness (QED) is 0.790. The van der Waals surface area contributed by atoms with Gasteiger partial charge in [0.2, 0.25) is 5.91 Å². The van der Waals surface area contributed by atoms with Gasteiger partial charge in [0, 0.05) is 43.4 Å². The second-order valence-corrected chi connectivity index (χ2v) is 9.50. The summed E-state index contributed by atoms with van der Waals surface area (Å²) in [6, 6.07) is 8.81. The lowest BCUT2D eigenvalue weighted by Gasteiger charge is -2.35. The molecule has 0 aliphatic carbocycles. The number of carbonyl (C=O) groups excluding carboxylic acids is 1. The first-order chi connectivity index (χ1) is 13.5. The van der Waals surface area contributed by atoms with E-state index in [-0.39, 0.29) is 5.91 Å². The molecular weight excluding hydrogens is 368 g/mol. The zero-order valence-corrected chi connectivity index (χ0v) is 17.9. The van der Waals surface area contributed by atoms with Gasteiger partial charge >= 0.3 is 0 Å². The fourth-order valence-electron chi connectivity index (χ4n) is 4.96. The van der Waals surface area contributed by atoms with Crippen LogP contribution in [0.15, 0.2) is 29.6 Å². The summed E-state index contributed by atoms with van der Waals surface area (Å²) >= 11 is 1.41. The Kier molecular flexibility index (Phi) is 5.78. The summed E-state index contributed by atoms with van der Waals surface area (Å²) in [6.45, 7) is 10.7. The molecule has 2 aromatic rings. The molecule has 4 rings (SSSR count). The fraction of sp³-hybridized carbons (Fsp3) is 0.591. The van der Waals surface area contributed by atoms with E-state index in [1.165, 1.54) is 29.1 Å². The van der Waals surface area contributed by atoms with Crippen molar-refractivity contribution < 1.29 is 4.79 Å². The van der Waals surface area contributed by atoms with Crippen LogP contribution in [-0.4, -0.2) is 58.0 Å². The standard InChI is InChI=1S/C22H30N4OS/c1-15-4-6-18(7-5-15)19-11-25(12-20(19)21-14-28-24-23-21)13-22(27)26-9-16(2)8-17(3)10-26/h4-7,14,16-17,19-20H,8-13H2,1-3H3/t16?,17?,19-,20+/m0/s1. The second-order valence-electron chi connectivity index (χ2n) is 8.89. The van der Waals surface area contributed by atoms with Gasteiger partial charge in [0.25, 0.3) is 0 Å². The molecule has 0 N–H and O–H groups in total. The first-order valence-corrected chi connectivity index (χ1v) is 11.2. The van der Waals surface area contributed by atoms with Crippen LogP contribution in [0.5, 0.6) is 0 Å². The van der Waals surface area contributed by atoms with Crippen LogP contribution in [0.2, 0.25) is 0 Å². The lowest BCUT2D eigenvalue weighted by Crippen LogP contribution is -2.46. The minimum absolute atomic E-state index is 0.276. The molecule has 4 atom stereocenters. The first kappa shape index (κ1) is 19.5. The maximum Gasteiger partial charge on any atom is 0.236 e. The molecule has 3 heterocycles. The molecular formula is C22H30N4OS. The molecule has 28 heavy (non-hydrogen) atoms. The minimum Gasteiger partial charge on any atom is -0.341 e. The summed E-state index contributed by atoms with van der Waals surface area (Å²) in [4.78, 5) is 17.4. The van der Waals surface area contributed by atoms with Gasteiger partial charge in [-0.15, -0.1) is 5.10 Å². The molecule has 0 radical (unpaired) electrons. The van der Waals surface area contributed by atoms with E-state index in [1.54, 1.807) is 0 Å². The highest BCUT2D eigenvalue weighted by Gasteiger charge is 2.38. The number of hydrogen-bond acceptors (Lipinski definition) is 5. The summed E-state index contributed by atoms with van der Waals surface area (Å²) in [5.74, 6) is 2.13. The van der Waals surface area contributed by atoms with Crippen LogP contribution in [0.25, 0.3) is 0 Å². The zero-order chi connectivity index (χ0) is 19.7. The third-order valence-corrected chi connectivity index (χ3v) is 6.76. The van der Waals surface area contributed by atoms with Crippen molar-refractivity contribution in [2.24, 2.45) is 11.8 Å². The number of rotatable bonds is 4. The van der Waals surface area contributed by atoms with E-state index in [4.69, 9.17) is 0 Å². The maximum atomic E-state index is 13.0. The Labute approximate surface area is 171 Å². The van der Waals surface area contributed by atoms with Crippen LogP contribution in [0.1, 0.15) is 48.9 Å². The molecule has 5 nitrogen and oxygen atoms in total. The van der Waals surface area contributed by atoms with E-state index < -0.39 is 0 Å². The third-order valence-electron chi connectivity index (χ3n) is 6.24. The van der Waals surface area contributed by atoms with Crippen molar-refractivity contribution in [2.75, 3.05) is 32.7 Å². The fourth-order valence-corrected chi connectivity index (χ4v) is 5.48. The van der Waals surface area contributed by atoms with Gasteiger partial charge in [-0.3, -0.25) is 9.69 Å². The number of amides is 1. The van der Waals surface area contributed by atoms with Crippen molar-refractivity contribution in [1.29, 1.82) is 0 Å². The lowest BCUT2D eigenvalue weighted by molar-refractivity contribution is -0.134. The average Bonchev–Trinajstić information content (AvgIpc) is 3.31. The minimum atomic E-state index is 0.276. The van der Waals surface area contributed by atoms with Gasteiger partial charge in [-0.25, -0.2) is 0 Å². The molecule has 2 aliphatic rings. The molecule has 1 aromatic carbocycles. The van der Waals surface area contributed by atoms with Gasteiger partial charge < -0.3 is 4.90 Å². The van der Waals surface area contributed by atoms with Gasteiger partial charge in [0.15, 0.2) is 0 Å². The SMILES string of the molecule is Cc1ccc([C@@H]2CN(CC(=O)N3CC(C)CC(C)C3)C[C@H]2c2csnn2)cc1. The summed E-state index contributed by atoms with van der Waals surface area (Å²) in [5.41, 5.74) is 3.67. The van der Waals surface area contributed by atoms with Crippen LogP contribution in [0, 0.1) is 18.8 Å². The molecule has 6 heteroatoms. The van der Waals surface area contributed by atoms with Crippen molar-refractivity contribution in [3.8, 4) is 0 Å². The number of carbonyl (C=O) groups is 1. The molecule has 1 amide bonds. The Morgan fingerprint density at radius 3 is 2.39 bits per heavy atom. The molecule has 0 saturated carbocycles. The highest BCUT2D eigenvalue weighted by Crippen LogP contribution is 2.39. The summed E-state index contributed by atoms with van der Waals surface area (Å²) < 4.78 is 4.08. The number of aryl methyl sites for hydroxylation is 1. The van der Waals surface area contributed by atoms with Crippen molar-refractivity contribution in [3.05, 3.63) is 46.5 Å². The number of nitrogens with zero attached hydrogens (tertiary/aromatic N) is 4. The summed E-state index contributed by atoms with van der Waals surface area (Å²) in [7, 11) is 0. The Bertz CT molecular complexity index is 781. The Morgan fingerprint density at radius 2 is 1.75 bits per heavy atom. The van der Waals surface area contributed by atoms with Gasteiger partial charge in [-0.2, -0.15) is 0 Å². The molecule has 2 unspecified atom stereocenters. The van der Waals surface area contributed by atoms with Crippen molar-refractivity contribution in [3.63, 3.8) is 0 Å².